The van der Waals surface area contributed by atoms with Gasteiger partial charge in [-0.2, -0.15) is 0 Å². The van der Waals surface area contributed by atoms with Crippen LogP contribution in [0.5, 0.6) is 0 Å². The van der Waals surface area contributed by atoms with Gasteiger partial charge in [-0.05, 0) is 37.8 Å². The number of amides is 1. The lowest BCUT2D eigenvalue weighted by Crippen LogP contribution is -2.40. The second kappa shape index (κ2) is 3.86. The van der Waals surface area contributed by atoms with Gasteiger partial charge in [0, 0.05) is 6.04 Å². The largest absolute Gasteiger partial charge is 0.459 e. The van der Waals surface area contributed by atoms with Gasteiger partial charge in [0.1, 0.15) is 0 Å². The summed E-state index contributed by atoms with van der Waals surface area (Å²) in [4.78, 5) is 11.6. The average molecular weight is 193 g/mol. The number of rotatable bonds is 3. The Morgan fingerprint density at radius 2 is 2.43 bits per heavy atom. The minimum absolute atomic E-state index is 0.102. The molecule has 2 rings (SSSR count). The molecule has 1 aliphatic rings. The fraction of sp³-hybridized carbons (Fsp3) is 0.545. The lowest BCUT2D eigenvalue weighted by Gasteiger charge is -2.31. The summed E-state index contributed by atoms with van der Waals surface area (Å²) in [6.45, 7) is 2.06. The molecule has 0 saturated heterocycles. The van der Waals surface area contributed by atoms with Crippen LogP contribution in [0, 0.1) is 5.92 Å². The third-order valence-corrected chi connectivity index (χ3v) is 2.96. The Hall–Kier alpha value is -1.25. The third-order valence-electron chi connectivity index (χ3n) is 2.96. The molecule has 1 N–H and O–H groups in total. The summed E-state index contributed by atoms with van der Waals surface area (Å²) >= 11 is 0. The zero-order valence-corrected chi connectivity index (χ0v) is 8.32. The van der Waals surface area contributed by atoms with Crippen LogP contribution in [0.4, 0.5) is 0 Å². The van der Waals surface area contributed by atoms with Crippen LogP contribution in [0.2, 0.25) is 0 Å². The van der Waals surface area contributed by atoms with Crippen molar-refractivity contribution in [2.45, 2.75) is 32.2 Å². The van der Waals surface area contributed by atoms with E-state index in [0.717, 1.165) is 0 Å². The Balaban J connectivity index is 1.87. The molecule has 1 aromatic heterocycles. The van der Waals surface area contributed by atoms with E-state index in [2.05, 4.69) is 12.2 Å². The minimum atomic E-state index is -0.102. The van der Waals surface area contributed by atoms with Gasteiger partial charge in [0.15, 0.2) is 5.76 Å². The van der Waals surface area contributed by atoms with Gasteiger partial charge in [0.2, 0.25) is 0 Å². The maximum atomic E-state index is 11.6. The van der Waals surface area contributed by atoms with Crippen molar-refractivity contribution in [2.24, 2.45) is 5.92 Å². The molecule has 3 nitrogen and oxygen atoms in total. The normalized spacial score (nSPS) is 18.6. The smallest absolute Gasteiger partial charge is 0.287 e. The Kier molecular flexibility index (Phi) is 2.57. The highest BCUT2D eigenvalue weighted by molar-refractivity contribution is 5.91. The van der Waals surface area contributed by atoms with E-state index < -0.39 is 0 Å². The first kappa shape index (κ1) is 9.31. The van der Waals surface area contributed by atoms with E-state index in [1.165, 1.54) is 25.5 Å². The van der Waals surface area contributed by atoms with Gasteiger partial charge in [-0.15, -0.1) is 0 Å². The van der Waals surface area contributed by atoms with Gasteiger partial charge >= 0.3 is 0 Å². The van der Waals surface area contributed by atoms with Crippen LogP contribution in [0.3, 0.4) is 0 Å². The molecule has 0 aliphatic heterocycles. The molecular weight excluding hydrogens is 178 g/mol. The molecule has 0 radical (unpaired) electrons. The van der Waals surface area contributed by atoms with Crippen LogP contribution in [-0.4, -0.2) is 11.9 Å². The van der Waals surface area contributed by atoms with Crippen molar-refractivity contribution >= 4 is 5.91 Å². The summed E-state index contributed by atoms with van der Waals surface area (Å²) in [6, 6.07) is 3.67. The van der Waals surface area contributed by atoms with Crippen LogP contribution in [-0.2, 0) is 0 Å². The summed E-state index contributed by atoms with van der Waals surface area (Å²) in [7, 11) is 0. The van der Waals surface area contributed by atoms with Gasteiger partial charge in [-0.1, -0.05) is 6.42 Å². The molecule has 1 saturated carbocycles. The fourth-order valence-corrected chi connectivity index (χ4v) is 1.74. The second-order valence-corrected chi connectivity index (χ2v) is 3.93. The highest BCUT2D eigenvalue weighted by Crippen LogP contribution is 2.29. The maximum Gasteiger partial charge on any atom is 0.287 e. The van der Waals surface area contributed by atoms with Crippen LogP contribution in [0.15, 0.2) is 22.8 Å². The van der Waals surface area contributed by atoms with Crippen LogP contribution >= 0.6 is 0 Å². The Morgan fingerprint density at radius 1 is 1.64 bits per heavy atom. The molecule has 0 bridgehead atoms. The van der Waals surface area contributed by atoms with Gasteiger partial charge in [-0.25, -0.2) is 0 Å². The maximum absolute atomic E-state index is 11.6. The highest BCUT2D eigenvalue weighted by Gasteiger charge is 2.25. The molecule has 1 heterocycles. The summed E-state index contributed by atoms with van der Waals surface area (Å²) < 4.78 is 5.02. The molecule has 14 heavy (non-hydrogen) atoms. The Labute approximate surface area is 83.5 Å². The molecule has 0 aromatic carbocycles. The number of hydrogen-bond donors (Lipinski definition) is 1. The highest BCUT2D eigenvalue weighted by atomic mass is 16.3. The Bertz CT molecular complexity index is 301. The van der Waals surface area contributed by atoms with Crippen molar-refractivity contribution < 1.29 is 9.21 Å². The SMILES string of the molecule is CC(NC(=O)c1ccco1)C1CCC1. The van der Waals surface area contributed by atoms with Crippen molar-refractivity contribution in [2.75, 3.05) is 0 Å². The van der Waals surface area contributed by atoms with Crippen LogP contribution < -0.4 is 5.32 Å². The zero-order valence-electron chi connectivity index (χ0n) is 8.32. The minimum Gasteiger partial charge on any atom is -0.459 e. The van der Waals surface area contributed by atoms with Crippen molar-refractivity contribution in [3.05, 3.63) is 24.2 Å². The van der Waals surface area contributed by atoms with Crippen molar-refractivity contribution in [3.63, 3.8) is 0 Å². The van der Waals surface area contributed by atoms with Gasteiger partial charge < -0.3 is 9.73 Å². The molecule has 1 aromatic rings. The van der Waals surface area contributed by atoms with Crippen LogP contribution in [0.1, 0.15) is 36.7 Å². The van der Waals surface area contributed by atoms with Gasteiger partial charge in [0.25, 0.3) is 5.91 Å². The molecule has 1 atom stereocenters. The molecule has 0 spiro atoms. The van der Waals surface area contributed by atoms with E-state index in [1.54, 1.807) is 12.1 Å². The number of carbonyl (C=O) groups excluding carboxylic acids is 1. The lowest BCUT2D eigenvalue weighted by atomic mass is 9.80. The van der Waals surface area contributed by atoms with Crippen molar-refractivity contribution in [1.29, 1.82) is 0 Å². The lowest BCUT2D eigenvalue weighted by molar-refractivity contribution is 0.0881. The van der Waals surface area contributed by atoms with E-state index in [4.69, 9.17) is 4.42 Å². The van der Waals surface area contributed by atoms with E-state index in [9.17, 15) is 4.79 Å². The first-order valence-corrected chi connectivity index (χ1v) is 5.12. The van der Waals surface area contributed by atoms with E-state index >= 15 is 0 Å². The second-order valence-electron chi connectivity index (χ2n) is 3.93. The molecule has 3 heteroatoms. The number of nitrogens with one attached hydrogen (secondary N) is 1. The average Bonchev–Trinajstić information content (AvgIpc) is 2.51. The van der Waals surface area contributed by atoms with E-state index in [1.807, 2.05) is 0 Å². The number of hydrogen-bond acceptors (Lipinski definition) is 2. The molecule has 1 aliphatic carbocycles. The van der Waals surface area contributed by atoms with E-state index in [0.29, 0.717) is 11.7 Å². The summed E-state index contributed by atoms with van der Waals surface area (Å²) in [5.74, 6) is 0.958. The third kappa shape index (κ3) is 1.81. The standard InChI is InChI=1S/C11H15NO2/c1-8(9-4-2-5-9)12-11(13)10-6-3-7-14-10/h3,6-9H,2,4-5H2,1H3,(H,12,13). The van der Waals surface area contributed by atoms with Crippen molar-refractivity contribution in [3.8, 4) is 0 Å². The monoisotopic (exact) mass is 193 g/mol. The van der Waals surface area contributed by atoms with Crippen molar-refractivity contribution in [1.82, 2.24) is 5.32 Å². The summed E-state index contributed by atoms with van der Waals surface area (Å²) in [6.07, 6.45) is 5.29. The predicted molar refractivity (Wildman–Crippen MR) is 53.0 cm³/mol. The predicted octanol–water partition coefficient (Wildman–Crippen LogP) is 2.20. The topological polar surface area (TPSA) is 42.2 Å². The van der Waals surface area contributed by atoms with Crippen LogP contribution in [0.25, 0.3) is 0 Å². The molecular formula is C11H15NO2. The first-order valence-electron chi connectivity index (χ1n) is 5.12. The fourth-order valence-electron chi connectivity index (χ4n) is 1.74. The number of furan rings is 1. The molecule has 76 valence electrons. The van der Waals surface area contributed by atoms with E-state index in [-0.39, 0.29) is 11.9 Å². The van der Waals surface area contributed by atoms with Gasteiger partial charge in [-0.3, -0.25) is 4.79 Å². The summed E-state index contributed by atoms with van der Waals surface area (Å²) in [5, 5.41) is 2.95. The zero-order chi connectivity index (χ0) is 9.97. The summed E-state index contributed by atoms with van der Waals surface area (Å²) in [5.41, 5.74) is 0. The number of carbonyl (C=O) groups is 1. The first-order chi connectivity index (χ1) is 6.77. The molecule has 1 unspecified atom stereocenters. The van der Waals surface area contributed by atoms with Gasteiger partial charge in [0.05, 0.1) is 6.26 Å². The Morgan fingerprint density at radius 3 is 2.93 bits per heavy atom. The quantitative estimate of drug-likeness (QED) is 0.799. The molecule has 1 fully saturated rings. The molecule has 1 amide bonds.